The molecule has 94 valence electrons. The first-order valence-corrected chi connectivity index (χ1v) is 6.05. The fourth-order valence-electron chi connectivity index (χ4n) is 2.07. The zero-order valence-electron chi connectivity index (χ0n) is 9.97. The van der Waals surface area contributed by atoms with Crippen LogP contribution in [0.2, 0.25) is 0 Å². The maximum atomic E-state index is 13.6. The van der Waals surface area contributed by atoms with E-state index in [1.165, 1.54) is 13.0 Å². The van der Waals surface area contributed by atoms with E-state index in [1.807, 2.05) is 0 Å². The second-order valence-electron chi connectivity index (χ2n) is 4.60. The van der Waals surface area contributed by atoms with E-state index in [0.717, 1.165) is 26.1 Å². The Labute approximate surface area is 100 Å². The molecule has 0 spiro atoms. The molecule has 4 heteroatoms. The third-order valence-electron chi connectivity index (χ3n) is 3.20. The van der Waals surface area contributed by atoms with E-state index in [2.05, 4.69) is 10.6 Å². The second-order valence-corrected chi connectivity index (χ2v) is 4.60. The van der Waals surface area contributed by atoms with Gasteiger partial charge in [0.1, 0.15) is 12.0 Å². The van der Waals surface area contributed by atoms with Crippen LogP contribution in [-0.4, -0.2) is 19.6 Å². The van der Waals surface area contributed by atoms with Crippen molar-refractivity contribution in [1.29, 1.82) is 0 Å². The molecule has 1 saturated heterocycles. The first-order valence-electron chi connectivity index (χ1n) is 6.05. The summed E-state index contributed by atoms with van der Waals surface area (Å²) in [4.78, 5) is 0. The highest BCUT2D eigenvalue weighted by Gasteiger charge is 2.15. The van der Waals surface area contributed by atoms with Gasteiger partial charge in [0.25, 0.3) is 0 Å². The van der Waals surface area contributed by atoms with Crippen LogP contribution in [0.5, 0.6) is 0 Å². The maximum Gasteiger partial charge on any atom is 0.146 e. The van der Waals surface area contributed by atoms with Crippen molar-refractivity contribution in [3.8, 4) is 0 Å². The molecule has 1 aromatic rings. The van der Waals surface area contributed by atoms with Crippen LogP contribution in [0, 0.1) is 11.7 Å². The van der Waals surface area contributed by atoms with E-state index in [4.69, 9.17) is 0 Å². The molecule has 2 atom stereocenters. The summed E-state index contributed by atoms with van der Waals surface area (Å²) < 4.78 is 26.6. The number of nitrogens with one attached hydrogen (secondary N) is 2. The topological polar surface area (TPSA) is 24.1 Å². The van der Waals surface area contributed by atoms with Crippen molar-refractivity contribution < 1.29 is 8.78 Å². The lowest BCUT2D eigenvalue weighted by Crippen LogP contribution is -2.17. The van der Waals surface area contributed by atoms with Crippen LogP contribution >= 0.6 is 0 Å². The lowest BCUT2D eigenvalue weighted by Gasteiger charge is -2.13. The Hall–Kier alpha value is -1.16. The minimum Gasteiger partial charge on any atom is -0.382 e. The van der Waals surface area contributed by atoms with Gasteiger partial charge in [-0.05, 0) is 50.0 Å². The largest absolute Gasteiger partial charge is 0.382 e. The summed E-state index contributed by atoms with van der Waals surface area (Å²) >= 11 is 0. The van der Waals surface area contributed by atoms with Crippen molar-refractivity contribution in [3.63, 3.8) is 0 Å². The van der Waals surface area contributed by atoms with Crippen LogP contribution in [0.25, 0.3) is 0 Å². The van der Waals surface area contributed by atoms with Gasteiger partial charge < -0.3 is 10.6 Å². The zero-order valence-corrected chi connectivity index (χ0v) is 9.97. The third-order valence-corrected chi connectivity index (χ3v) is 3.20. The van der Waals surface area contributed by atoms with Crippen molar-refractivity contribution >= 4 is 5.69 Å². The van der Waals surface area contributed by atoms with E-state index in [9.17, 15) is 8.78 Å². The summed E-state index contributed by atoms with van der Waals surface area (Å²) in [5.41, 5.74) is 0.844. The van der Waals surface area contributed by atoms with Crippen molar-refractivity contribution in [2.45, 2.75) is 19.5 Å². The van der Waals surface area contributed by atoms with Crippen LogP contribution < -0.4 is 10.6 Å². The number of hydrogen-bond donors (Lipinski definition) is 2. The van der Waals surface area contributed by atoms with Gasteiger partial charge in [-0.2, -0.15) is 0 Å². The summed E-state index contributed by atoms with van der Waals surface area (Å²) in [5, 5.41) is 6.35. The average molecular weight is 240 g/mol. The molecule has 0 aromatic heterocycles. The molecule has 1 fully saturated rings. The molecule has 0 saturated carbocycles. The number of hydrogen-bond acceptors (Lipinski definition) is 2. The molecule has 0 amide bonds. The van der Waals surface area contributed by atoms with Crippen LogP contribution in [0.4, 0.5) is 14.5 Å². The number of rotatable bonds is 4. The van der Waals surface area contributed by atoms with Gasteiger partial charge in [0, 0.05) is 6.54 Å². The number of anilines is 1. The summed E-state index contributed by atoms with van der Waals surface area (Å²) in [7, 11) is 0. The van der Waals surface area contributed by atoms with Crippen molar-refractivity contribution in [1.82, 2.24) is 5.32 Å². The first-order chi connectivity index (χ1) is 8.16. The van der Waals surface area contributed by atoms with Crippen molar-refractivity contribution in [3.05, 3.63) is 29.6 Å². The summed E-state index contributed by atoms with van der Waals surface area (Å²) in [5.74, 6) is 0.173. The van der Waals surface area contributed by atoms with Crippen molar-refractivity contribution in [2.24, 2.45) is 5.92 Å². The predicted molar refractivity (Wildman–Crippen MR) is 65.4 cm³/mol. The molecular weight excluding hydrogens is 222 g/mol. The molecule has 1 aromatic carbocycles. The Kier molecular flexibility index (Phi) is 3.94. The van der Waals surface area contributed by atoms with E-state index >= 15 is 0 Å². The molecule has 2 nitrogen and oxygen atoms in total. The molecule has 1 aliphatic heterocycles. The molecule has 17 heavy (non-hydrogen) atoms. The van der Waals surface area contributed by atoms with Crippen molar-refractivity contribution in [2.75, 3.05) is 25.0 Å². The highest BCUT2D eigenvalue weighted by Crippen LogP contribution is 2.22. The molecule has 0 aliphatic carbocycles. The molecule has 1 aliphatic rings. The fraction of sp³-hybridized carbons (Fsp3) is 0.538. The standard InChI is InChI=1S/C13H18F2N2/c1-9(14)11-2-3-13(12(15)6-11)17-8-10-4-5-16-7-10/h2-3,6,9-10,16-17H,4-5,7-8H2,1H3. The van der Waals surface area contributed by atoms with E-state index < -0.39 is 6.17 Å². The Morgan fingerprint density at radius 2 is 2.35 bits per heavy atom. The summed E-state index contributed by atoms with van der Waals surface area (Å²) in [6.45, 7) is 4.18. The van der Waals surface area contributed by atoms with E-state index in [0.29, 0.717) is 17.2 Å². The maximum absolute atomic E-state index is 13.6. The molecular formula is C13H18F2N2. The number of alkyl halides is 1. The molecule has 2 N–H and O–H groups in total. The normalized spacial score (nSPS) is 21.5. The molecule has 2 unspecified atom stereocenters. The van der Waals surface area contributed by atoms with Crippen LogP contribution in [-0.2, 0) is 0 Å². The number of halogens is 2. The van der Waals surface area contributed by atoms with Gasteiger partial charge in [-0.15, -0.1) is 0 Å². The average Bonchev–Trinajstić information content (AvgIpc) is 2.80. The third kappa shape index (κ3) is 3.16. The SMILES string of the molecule is CC(F)c1ccc(NCC2CCNC2)c(F)c1. The van der Waals surface area contributed by atoms with Gasteiger partial charge in [-0.1, -0.05) is 6.07 Å². The van der Waals surface area contributed by atoms with Crippen LogP contribution in [0.1, 0.15) is 25.1 Å². The van der Waals surface area contributed by atoms with E-state index in [-0.39, 0.29) is 5.82 Å². The quantitative estimate of drug-likeness (QED) is 0.845. The van der Waals surface area contributed by atoms with Gasteiger partial charge in [-0.25, -0.2) is 8.78 Å². The summed E-state index contributed by atoms with van der Waals surface area (Å²) in [6, 6.07) is 4.51. The lowest BCUT2D eigenvalue weighted by atomic mass is 10.1. The van der Waals surface area contributed by atoms with Crippen LogP contribution in [0.15, 0.2) is 18.2 Å². The highest BCUT2D eigenvalue weighted by atomic mass is 19.1. The first kappa shape index (κ1) is 12.3. The van der Waals surface area contributed by atoms with Gasteiger partial charge in [0.15, 0.2) is 0 Å². The highest BCUT2D eigenvalue weighted by molar-refractivity contribution is 5.46. The van der Waals surface area contributed by atoms with Gasteiger partial charge in [0.05, 0.1) is 5.69 Å². The Morgan fingerprint density at radius 3 is 2.94 bits per heavy atom. The fourth-order valence-corrected chi connectivity index (χ4v) is 2.07. The summed E-state index contributed by atoms with van der Waals surface area (Å²) in [6.07, 6.45) is -0.00798. The Balaban J connectivity index is 1.96. The monoisotopic (exact) mass is 240 g/mol. The lowest BCUT2D eigenvalue weighted by molar-refractivity contribution is 0.373. The molecule has 0 radical (unpaired) electrons. The second kappa shape index (κ2) is 5.45. The van der Waals surface area contributed by atoms with Gasteiger partial charge in [0.2, 0.25) is 0 Å². The minimum atomic E-state index is -1.13. The smallest absolute Gasteiger partial charge is 0.146 e. The van der Waals surface area contributed by atoms with Gasteiger partial charge in [-0.3, -0.25) is 0 Å². The number of benzene rings is 1. The van der Waals surface area contributed by atoms with E-state index in [1.54, 1.807) is 12.1 Å². The minimum absolute atomic E-state index is 0.377. The zero-order chi connectivity index (χ0) is 12.3. The molecule has 1 heterocycles. The van der Waals surface area contributed by atoms with Gasteiger partial charge >= 0.3 is 0 Å². The Bertz CT molecular complexity index is 374. The molecule has 2 rings (SSSR count). The predicted octanol–water partition coefficient (Wildman–Crippen LogP) is 2.88. The Morgan fingerprint density at radius 1 is 1.53 bits per heavy atom. The van der Waals surface area contributed by atoms with Crippen LogP contribution in [0.3, 0.4) is 0 Å². The molecule has 0 bridgehead atoms.